The van der Waals surface area contributed by atoms with Crippen molar-refractivity contribution in [2.75, 3.05) is 13.7 Å². The molecule has 0 aliphatic rings. The summed E-state index contributed by atoms with van der Waals surface area (Å²) in [5, 5.41) is 4.55. The van der Waals surface area contributed by atoms with E-state index >= 15 is 0 Å². The number of aryl methyl sites for hydroxylation is 2. The molecule has 1 heterocycles. The monoisotopic (exact) mass is 309 g/mol. The summed E-state index contributed by atoms with van der Waals surface area (Å²) in [6.45, 7) is 2.56. The molecule has 0 bridgehead atoms. The zero-order valence-electron chi connectivity index (χ0n) is 12.4. The lowest BCUT2D eigenvalue weighted by Gasteiger charge is -2.09. The van der Waals surface area contributed by atoms with Crippen LogP contribution >= 0.6 is 11.6 Å². The molecule has 0 saturated carbocycles. The minimum absolute atomic E-state index is 0.576. The zero-order chi connectivity index (χ0) is 15.1. The van der Waals surface area contributed by atoms with E-state index in [0.29, 0.717) is 17.4 Å². The summed E-state index contributed by atoms with van der Waals surface area (Å²) < 4.78 is 15.8. The predicted octanol–water partition coefficient (Wildman–Crippen LogP) is 4.44. The number of methoxy groups -OCH3 is 1. The summed E-state index contributed by atoms with van der Waals surface area (Å²) in [7, 11) is 1.61. The Labute approximate surface area is 130 Å². The molecule has 0 unspecified atom stereocenters. The lowest BCUT2D eigenvalue weighted by atomic mass is 10.1. The van der Waals surface area contributed by atoms with Crippen LogP contribution in [-0.2, 0) is 6.42 Å². The molecular weight excluding hydrogens is 290 g/mol. The van der Waals surface area contributed by atoms with Gasteiger partial charge in [0.15, 0.2) is 0 Å². The van der Waals surface area contributed by atoms with Gasteiger partial charge in [-0.3, -0.25) is 0 Å². The minimum Gasteiger partial charge on any atom is -0.497 e. The van der Waals surface area contributed by atoms with Gasteiger partial charge in [-0.1, -0.05) is 16.8 Å². The molecule has 0 atom stereocenters. The Kier molecular flexibility index (Phi) is 5.93. The van der Waals surface area contributed by atoms with E-state index in [1.165, 1.54) is 0 Å². The first-order chi connectivity index (χ1) is 10.2. The fourth-order valence-electron chi connectivity index (χ4n) is 2.03. The van der Waals surface area contributed by atoms with Gasteiger partial charge in [0.25, 0.3) is 0 Å². The van der Waals surface area contributed by atoms with Crippen LogP contribution in [0.25, 0.3) is 0 Å². The summed E-state index contributed by atoms with van der Waals surface area (Å²) in [5.41, 5.74) is 1.02. The maximum absolute atomic E-state index is 6.11. The van der Waals surface area contributed by atoms with Gasteiger partial charge in [-0.15, -0.1) is 0 Å². The standard InChI is InChI=1S/C16H20ClNO3/c1-12-10-13(18-21-12)6-4-3-5-9-20-16-8-7-14(19-2)11-15(16)17/h7-8,10-11H,3-6,9H2,1-2H3. The number of aromatic nitrogens is 1. The molecule has 5 heteroatoms. The Morgan fingerprint density at radius 2 is 2.05 bits per heavy atom. The second-order valence-electron chi connectivity index (χ2n) is 4.88. The summed E-state index contributed by atoms with van der Waals surface area (Å²) in [6.07, 6.45) is 4.09. The fraction of sp³-hybridized carbons (Fsp3) is 0.438. The maximum Gasteiger partial charge on any atom is 0.138 e. The maximum atomic E-state index is 6.11. The molecule has 114 valence electrons. The topological polar surface area (TPSA) is 44.5 Å². The van der Waals surface area contributed by atoms with Crippen LogP contribution in [0.15, 0.2) is 28.8 Å². The summed E-state index contributed by atoms with van der Waals surface area (Å²) in [4.78, 5) is 0. The highest BCUT2D eigenvalue weighted by Gasteiger charge is 2.04. The van der Waals surface area contributed by atoms with Gasteiger partial charge >= 0.3 is 0 Å². The van der Waals surface area contributed by atoms with Crippen LogP contribution in [-0.4, -0.2) is 18.9 Å². The van der Waals surface area contributed by atoms with E-state index < -0.39 is 0 Å². The number of benzene rings is 1. The number of nitrogens with zero attached hydrogens (tertiary/aromatic N) is 1. The third-order valence-corrected chi connectivity index (χ3v) is 3.45. The molecule has 1 aromatic carbocycles. The Morgan fingerprint density at radius 1 is 1.19 bits per heavy atom. The molecule has 1 aromatic heterocycles. The molecule has 0 aliphatic heterocycles. The van der Waals surface area contributed by atoms with Gasteiger partial charge in [-0.05, 0) is 44.7 Å². The van der Waals surface area contributed by atoms with Gasteiger partial charge in [0, 0.05) is 12.1 Å². The van der Waals surface area contributed by atoms with E-state index in [9.17, 15) is 0 Å². The second kappa shape index (κ2) is 7.93. The van der Waals surface area contributed by atoms with Crippen molar-refractivity contribution >= 4 is 11.6 Å². The first-order valence-corrected chi connectivity index (χ1v) is 7.45. The van der Waals surface area contributed by atoms with E-state index in [-0.39, 0.29) is 0 Å². The normalized spacial score (nSPS) is 10.6. The number of hydrogen-bond acceptors (Lipinski definition) is 4. The molecule has 0 aliphatic carbocycles. The number of rotatable bonds is 8. The smallest absolute Gasteiger partial charge is 0.138 e. The third-order valence-electron chi connectivity index (χ3n) is 3.15. The molecule has 0 amide bonds. The molecule has 4 nitrogen and oxygen atoms in total. The van der Waals surface area contributed by atoms with Crippen LogP contribution in [0.2, 0.25) is 5.02 Å². The van der Waals surface area contributed by atoms with Gasteiger partial charge in [0.05, 0.1) is 24.4 Å². The highest BCUT2D eigenvalue weighted by molar-refractivity contribution is 6.32. The summed E-state index contributed by atoms with van der Waals surface area (Å²) in [6, 6.07) is 7.41. The fourth-order valence-corrected chi connectivity index (χ4v) is 2.25. The van der Waals surface area contributed by atoms with E-state index in [4.69, 9.17) is 25.6 Å². The largest absolute Gasteiger partial charge is 0.497 e. The number of ether oxygens (including phenoxy) is 2. The van der Waals surface area contributed by atoms with E-state index in [2.05, 4.69) is 5.16 Å². The average molecular weight is 310 g/mol. The van der Waals surface area contributed by atoms with Crippen LogP contribution in [0.1, 0.15) is 30.7 Å². The molecule has 2 rings (SSSR count). The van der Waals surface area contributed by atoms with Crippen molar-refractivity contribution in [2.24, 2.45) is 0 Å². The first-order valence-electron chi connectivity index (χ1n) is 7.07. The van der Waals surface area contributed by atoms with Crippen LogP contribution < -0.4 is 9.47 Å². The van der Waals surface area contributed by atoms with Gasteiger partial charge in [-0.25, -0.2) is 0 Å². The van der Waals surface area contributed by atoms with Crippen molar-refractivity contribution in [3.8, 4) is 11.5 Å². The molecule has 0 fully saturated rings. The van der Waals surface area contributed by atoms with Gasteiger partial charge < -0.3 is 14.0 Å². The van der Waals surface area contributed by atoms with Crippen LogP contribution in [0.5, 0.6) is 11.5 Å². The van der Waals surface area contributed by atoms with Gasteiger partial charge in [-0.2, -0.15) is 0 Å². The van der Waals surface area contributed by atoms with Gasteiger partial charge in [0.1, 0.15) is 17.3 Å². The quantitative estimate of drug-likeness (QED) is 0.676. The number of hydrogen-bond donors (Lipinski definition) is 0. The first kappa shape index (κ1) is 15.7. The molecule has 2 aromatic rings. The molecule has 0 N–H and O–H groups in total. The van der Waals surface area contributed by atoms with Crippen LogP contribution in [0.3, 0.4) is 0 Å². The Bertz CT molecular complexity index is 568. The lowest BCUT2D eigenvalue weighted by molar-refractivity contribution is 0.304. The van der Waals surface area contributed by atoms with Crippen LogP contribution in [0.4, 0.5) is 0 Å². The number of unbranched alkanes of at least 4 members (excludes halogenated alkanes) is 2. The van der Waals surface area contributed by atoms with Crippen molar-refractivity contribution in [1.82, 2.24) is 5.16 Å². The Morgan fingerprint density at radius 3 is 2.71 bits per heavy atom. The zero-order valence-corrected chi connectivity index (χ0v) is 13.2. The van der Waals surface area contributed by atoms with Crippen molar-refractivity contribution < 1.29 is 14.0 Å². The highest BCUT2D eigenvalue weighted by atomic mass is 35.5. The number of halogens is 1. The van der Waals surface area contributed by atoms with Crippen molar-refractivity contribution in [2.45, 2.75) is 32.6 Å². The molecule has 0 radical (unpaired) electrons. The van der Waals surface area contributed by atoms with Gasteiger partial charge in [0.2, 0.25) is 0 Å². The molecule has 0 saturated heterocycles. The molecule has 21 heavy (non-hydrogen) atoms. The Hall–Kier alpha value is -1.68. The lowest BCUT2D eigenvalue weighted by Crippen LogP contribution is -1.98. The summed E-state index contributed by atoms with van der Waals surface area (Å²) in [5.74, 6) is 2.29. The van der Waals surface area contributed by atoms with E-state index in [0.717, 1.165) is 42.9 Å². The molecule has 0 spiro atoms. The van der Waals surface area contributed by atoms with Crippen molar-refractivity contribution in [3.05, 3.63) is 40.7 Å². The van der Waals surface area contributed by atoms with Crippen LogP contribution in [0, 0.1) is 6.92 Å². The van der Waals surface area contributed by atoms with Crippen molar-refractivity contribution in [1.29, 1.82) is 0 Å². The second-order valence-corrected chi connectivity index (χ2v) is 5.29. The summed E-state index contributed by atoms with van der Waals surface area (Å²) >= 11 is 6.11. The van der Waals surface area contributed by atoms with Crippen molar-refractivity contribution in [3.63, 3.8) is 0 Å². The van der Waals surface area contributed by atoms with E-state index in [1.807, 2.05) is 25.1 Å². The predicted molar refractivity (Wildman–Crippen MR) is 82.3 cm³/mol. The SMILES string of the molecule is COc1ccc(OCCCCCc2cc(C)on2)c(Cl)c1. The Balaban J connectivity index is 1.63. The third kappa shape index (κ3) is 4.97. The highest BCUT2D eigenvalue weighted by Crippen LogP contribution is 2.28. The minimum atomic E-state index is 0.576. The average Bonchev–Trinajstić information content (AvgIpc) is 2.89. The molecular formula is C16H20ClNO3. The van der Waals surface area contributed by atoms with E-state index in [1.54, 1.807) is 13.2 Å².